The first-order valence-corrected chi connectivity index (χ1v) is 9.19. The SMILES string of the molecule is Cc1ccc(NC(=O)c2n[nH]c3c2CC(C)CC3)c(OCCN(C)C)c1. The normalized spacial score (nSPS) is 16.4. The maximum atomic E-state index is 12.8. The second kappa shape index (κ2) is 7.91. The molecule has 1 aromatic carbocycles. The molecule has 1 atom stereocenters. The van der Waals surface area contributed by atoms with Crippen LogP contribution in [0, 0.1) is 12.8 Å². The molecule has 2 aromatic rings. The minimum absolute atomic E-state index is 0.182. The second-order valence-corrected chi connectivity index (χ2v) is 7.48. The first-order valence-electron chi connectivity index (χ1n) is 9.19. The van der Waals surface area contributed by atoms with Crippen molar-refractivity contribution in [2.45, 2.75) is 33.1 Å². The summed E-state index contributed by atoms with van der Waals surface area (Å²) in [6.45, 7) is 5.60. The molecule has 0 radical (unpaired) electrons. The van der Waals surface area contributed by atoms with E-state index in [4.69, 9.17) is 4.74 Å². The number of carbonyl (C=O) groups excluding carboxylic acids is 1. The maximum absolute atomic E-state index is 12.8. The number of hydrogen-bond acceptors (Lipinski definition) is 4. The van der Waals surface area contributed by atoms with Gasteiger partial charge in [-0.15, -0.1) is 0 Å². The molecular formula is C20H28N4O2. The first-order chi connectivity index (χ1) is 12.4. The van der Waals surface area contributed by atoms with Crippen molar-refractivity contribution in [3.05, 3.63) is 40.7 Å². The predicted molar refractivity (Wildman–Crippen MR) is 103 cm³/mol. The molecule has 1 heterocycles. The van der Waals surface area contributed by atoms with Crippen LogP contribution < -0.4 is 10.1 Å². The zero-order chi connectivity index (χ0) is 18.7. The van der Waals surface area contributed by atoms with Crippen molar-refractivity contribution >= 4 is 11.6 Å². The van der Waals surface area contributed by atoms with Crippen LogP contribution in [0.2, 0.25) is 0 Å². The van der Waals surface area contributed by atoms with Crippen LogP contribution in [0.5, 0.6) is 5.75 Å². The number of anilines is 1. The molecule has 0 aliphatic heterocycles. The molecule has 1 unspecified atom stereocenters. The Kier molecular flexibility index (Phi) is 5.61. The van der Waals surface area contributed by atoms with E-state index in [-0.39, 0.29) is 5.91 Å². The minimum Gasteiger partial charge on any atom is -0.490 e. The van der Waals surface area contributed by atoms with Gasteiger partial charge >= 0.3 is 0 Å². The summed E-state index contributed by atoms with van der Waals surface area (Å²) < 4.78 is 5.89. The summed E-state index contributed by atoms with van der Waals surface area (Å²) in [6, 6.07) is 5.81. The van der Waals surface area contributed by atoms with Crippen LogP contribution in [0.25, 0.3) is 0 Å². The molecule has 0 saturated heterocycles. The van der Waals surface area contributed by atoms with E-state index in [9.17, 15) is 4.79 Å². The van der Waals surface area contributed by atoms with Crippen LogP contribution in [0.15, 0.2) is 18.2 Å². The number of aryl methyl sites for hydroxylation is 2. The van der Waals surface area contributed by atoms with E-state index < -0.39 is 0 Å². The predicted octanol–water partition coefficient (Wildman–Crippen LogP) is 3.04. The third-order valence-corrected chi connectivity index (χ3v) is 4.79. The summed E-state index contributed by atoms with van der Waals surface area (Å²) in [5.74, 6) is 1.09. The summed E-state index contributed by atoms with van der Waals surface area (Å²) in [5.41, 5.74) is 4.43. The van der Waals surface area contributed by atoms with Crippen LogP contribution >= 0.6 is 0 Å². The summed E-state index contributed by atoms with van der Waals surface area (Å²) in [5, 5.41) is 10.3. The molecule has 3 rings (SSSR count). The van der Waals surface area contributed by atoms with Gasteiger partial charge < -0.3 is 15.0 Å². The number of likely N-dealkylation sites (N-methyl/N-ethyl adjacent to an activating group) is 1. The number of nitrogens with zero attached hydrogens (tertiary/aromatic N) is 2. The summed E-state index contributed by atoms with van der Waals surface area (Å²) >= 11 is 0. The van der Waals surface area contributed by atoms with Gasteiger partial charge in [0.2, 0.25) is 0 Å². The molecule has 6 nitrogen and oxygen atoms in total. The molecule has 6 heteroatoms. The van der Waals surface area contributed by atoms with Crippen LogP contribution in [0.1, 0.15) is 40.7 Å². The smallest absolute Gasteiger partial charge is 0.276 e. The number of rotatable bonds is 6. The van der Waals surface area contributed by atoms with E-state index in [0.717, 1.165) is 42.6 Å². The van der Waals surface area contributed by atoms with E-state index >= 15 is 0 Å². The Morgan fingerprint density at radius 2 is 2.23 bits per heavy atom. The Morgan fingerprint density at radius 3 is 3.00 bits per heavy atom. The van der Waals surface area contributed by atoms with E-state index in [2.05, 4.69) is 27.3 Å². The van der Waals surface area contributed by atoms with Crippen molar-refractivity contribution in [1.82, 2.24) is 15.1 Å². The fourth-order valence-electron chi connectivity index (χ4n) is 3.23. The third-order valence-electron chi connectivity index (χ3n) is 4.79. The quantitative estimate of drug-likeness (QED) is 0.835. The fraction of sp³-hybridized carbons (Fsp3) is 0.500. The van der Waals surface area contributed by atoms with E-state index in [1.165, 1.54) is 0 Å². The fourth-order valence-corrected chi connectivity index (χ4v) is 3.23. The van der Waals surface area contributed by atoms with Crippen molar-refractivity contribution in [2.24, 2.45) is 5.92 Å². The van der Waals surface area contributed by atoms with Gasteiger partial charge in [0, 0.05) is 17.8 Å². The van der Waals surface area contributed by atoms with E-state index in [0.29, 0.717) is 29.7 Å². The lowest BCUT2D eigenvalue weighted by molar-refractivity contribution is 0.102. The van der Waals surface area contributed by atoms with Crippen molar-refractivity contribution in [2.75, 3.05) is 32.6 Å². The molecule has 0 spiro atoms. The lowest BCUT2D eigenvalue weighted by Crippen LogP contribution is -2.21. The van der Waals surface area contributed by atoms with Gasteiger partial charge in [0.1, 0.15) is 12.4 Å². The van der Waals surface area contributed by atoms with Crippen molar-refractivity contribution in [3.63, 3.8) is 0 Å². The van der Waals surface area contributed by atoms with Crippen LogP contribution in [0.3, 0.4) is 0 Å². The molecule has 140 valence electrons. The highest BCUT2D eigenvalue weighted by Crippen LogP contribution is 2.29. The molecule has 0 saturated carbocycles. The summed E-state index contributed by atoms with van der Waals surface area (Å²) in [7, 11) is 4.01. The Hall–Kier alpha value is -2.34. The van der Waals surface area contributed by atoms with E-state index in [1.54, 1.807) is 0 Å². The summed E-state index contributed by atoms with van der Waals surface area (Å²) in [4.78, 5) is 14.9. The Bertz CT molecular complexity index is 782. The van der Waals surface area contributed by atoms with Crippen LogP contribution in [-0.2, 0) is 12.8 Å². The number of hydrogen-bond donors (Lipinski definition) is 2. The molecule has 2 N–H and O–H groups in total. The number of fused-ring (bicyclic) bond motifs is 1. The number of aromatic amines is 1. The van der Waals surface area contributed by atoms with E-state index in [1.807, 2.05) is 39.2 Å². The Labute approximate surface area is 154 Å². The molecular weight excluding hydrogens is 328 g/mol. The topological polar surface area (TPSA) is 70.2 Å². The molecule has 1 aromatic heterocycles. The van der Waals surface area contributed by atoms with Crippen molar-refractivity contribution < 1.29 is 9.53 Å². The molecule has 0 fully saturated rings. The number of benzene rings is 1. The molecule has 1 amide bonds. The Morgan fingerprint density at radius 1 is 1.42 bits per heavy atom. The highest BCUT2D eigenvalue weighted by molar-refractivity contribution is 6.04. The van der Waals surface area contributed by atoms with Crippen molar-refractivity contribution in [1.29, 1.82) is 0 Å². The Balaban J connectivity index is 1.76. The van der Waals surface area contributed by atoms with Gasteiger partial charge in [0.15, 0.2) is 5.69 Å². The standard InChI is InChI=1S/C20H28N4O2/c1-13-5-7-16-15(11-13)19(23-22-16)20(25)21-17-8-6-14(2)12-18(17)26-10-9-24(3)4/h6,8,12-13H,5,7,9-11H2,1-4H3,(H,21,25)(H,22,23). The van der Waals surface area contributed by atoms with Crippen LogP contribution in [-0.4, -0.2) is 48.3 Å². The number of carbonyl (C=O) groups is 1. The molecule has 0 bridgehead atoms. The lowest BCUT2D eigenvalue weighted by Gasteiger charge is -2.18. The third kappa shape index (κ3) is 4.25. The first kappa shape index (κ1) is 18.5. The van der Waals surface area contributed by atoms with Gasteiger partial charge in [0.05, 0.1) is 5.69 Å². The average Bonchev–Trinajstić information content (AvgIpc) is 3.00. The number of aromatic nitrogens is 2. The average molecular weight is 356 g/mol. The minimum atomic E-state index is -0.182. The second-order valence-electron chi connectivity index (χ2n) is 7.48. The zero-order valence-electron chi connectivity index (χ0n) is 16.1. The number of ether oxygens (including phenoxy) is 1. The zero-order valence-corrected chi connectivity index (χ0v) is 16.1. The number of amides is 1. The van der Waals surface area contributed by atoms with Gasteiger partial charge in [-0.25, -0.2) is 0 Å². The maximum Gasteiger partial charge on any atom is 0.276 e. The number of H-pyrrole nitrogens is 1. The summed E-state index contributed by atoms with van der Waals surface area (Å²) in [6.07, 6.45) is 2.99. The highest BCUT2D eigenvalue weighted by atomic mass is 16.5. The monoisotopic (exact) mass is 356 g/mol. The van der Waals surface area contributed by atoms with Gasteiger partial charge in [-0.3, -0.25) is 9.89 Å². The van der Waals surface area contributed by atoms with Gasteiger partial charge in [-0.2, -0.15) is 5.10 Å². The van der Waals surface area contributed by atoms with Crippen LogP contribution in [0.4, 0.5) is 5.69 Å². The van der Waals surface area contributed by atoms with Crippen molar-refractivity contribution in [3.8, 4) is 5.75 Å². The molecule has 1 aliphatic rings. The largest absolute Gasteiger partial charge is 0.490 e. The highest BCUT2D eigenvalue weighted by Gasteiger charge is 2.25. The number of nitrogens with one attached hydrogen (secondary N) is 2. The molecule has 26 heavy (non-hydrogen) atoms. The van der Waals surface area contributed by atoms with Gasteiger partial charge in [-0.05, 0) is 63.9 Å². The van der Waals surface area contributed by atoms with Gasteiger partial charge in [-0.1, -0.05) is 13.0 Å². The van der Waals surface area contributed by atoms with Gasteiger partial charge in [0.25, 0.3) is 5.91 Å². The molecule has 1 aliphatic carbocycles. The lowest BCUT2D eigenvalue weighted by atomic mass is 9.87.